The second-order valence-electron chi connectivity index (χ2n) is 18.3. The standard InChI is InChI=1S/C51H102N2O6/c1-6-9-12-15-18-19-20-26-34-44-58-50(56)38-31-27-33-41-53(46-48(5)55)43-35-42-52(45-47(4)54)40-32-25-21-24-30-39-51(57)59-49(36-28-22-16-13-10-7-2)37-29-23-17-14-11-8-3/h47-49,54-55H,6-46H2,1-5H3. The molecule has 0 spiro atoms. The highest BCUT2D eigenvalue weighted by Crippen LogP contribution is 2.19. The summed E-state index contributed by atoms with van der Waals surface area (Å²) in [6.45, 7) is 16.1. The van der Waals surface area contributed by atoms with Gasteiger partial charge in [0.15, 0.2) is 0 Å². The van der Waals surface area contributed by atoms with Crippen LogP contribution in [0.3, 0.4) is 0 Å². The maximum Gasteiger partial charge on any atom is 0.306 e. The number of unbranched alkanes of at least 4 members (excludes halogenated alkanes) is 24. The molecular weight excluding hydrogens is 737 g/mol. The zero-order chi connectivity index (χ0) is 43.4. The minimum atomic E-state index is -0.377. The molecule has 2 unspecified atom stereocenters. The Hall–Kier alpha value is -1.22. The summed E-state index contributed by atoms with van der Waals surface area (Å²) in [4.78, 5) is 29.7. The first-order chi connectivity index (χ1) is 28.7. The van der Waals surface area contributed by atoms with Gasteiger partial charge in [-0.25, -0.2) is 0 Å². The van der Waals surface area contributed by atoms with Gasteiger partial charge in [-0.1, -0.05) is 162 Å². The minimum absolute atomic E-state index is 0.000719. The highest BCUT2D eigenvalue weighted by molar-refractivity contribution is 5.69. The molecule has 8 heteroatoms. The largest absolute Gasteiger partial charge is 0.466 e. The fraction of sp³-hybridized carbons (Fsp3) is 0.961. The Morgan fingerprint density at radius 2 is 0.763 bits per heavy atom. The molecule has 0 fully saturated rings. The van der Waals surface area contributed by atoms with Gasteiger partial charge in [0.2, 0.25) is 0 Å². The molecule has 0 aliphatic rings. The summed E-state index contributed by atoms with van der Waals surface area (Å²) in [6.07, 6.45) is 38.2. The van der Waals surface area contributed by atoms with Crippen LogP contribution in [0.1, 0.15) is 253 Å². The predicted molar refractivity (Wildman–Crippen MR) is 251 cm³/mol. The molecule has 0 bridgehead atoms. The smallest absolute Gasteiger partial charge is 0.306 e. The van der Waals surface area contributed by atoms with E-state index in [9.17, 15) is 19.8 Å². The summed E-state index contributed by atoms with van der Waals surface area (Å²) in [6, 6.07) is 0. The Bertz CT molecular complexity index is 870. The van der Waals surface area contributed by atoms with Crippen LogP contribution in [0.5, 0.6) is 0 Å². The van der Waals surface area contributed by atoms with E-state index < -0.39 is 0 Å². The van der Waals surface area contributed by atoms with E-state index in [2.05, 4.69) is 30.6 Å². The first-order valence-corrected chi connectivity index (χ1v) is 25.9. The molecule has 0 aliphatic heterocycles. The summed E-state index contributed by atoms with van der Waals surface area (Å²) < 4.78 is 11.5. The summed E-state index contributed by atoms with van der Waals surface area (Å²) in [5, 5.41) is 20.3. The maximum absolute atomic E-state index is 12.8. The molecule has 0 aromatic heterocycles. The van der Waals surface area contributed by atoms with Crippen molar-refractivity contribution in [3.8, 4) is 0 Å². The first kappa shape index (κ1) is 57.8. The molecule has 0 rings (SSSR count). The normalized spacial score (nSPS) is 12.8. The Morgan fingerprint density at radius 1 is 0.424 bits per heavy atom. The highest BCUT2D eigenvalue weighted by Gasteiger charge is 2.15. The number of rotatable bonds is 47. The molecule has 0 aromatic rings. The molecule has 0 aromatic carbocycles. The van der Waals surface area contributed by atoms with Crippen LogP contribution in [0.2, 0.25) is 0 Å². The quantitative estimate of drug-likeness (QED) is 0.0462. The van der Waals surface area contributed by atoms with E-state index in [1.807, 2.05) is 13.8 Å². The molecule has 59 heavy (non-hydrogen) atoms. The average molecular weight is 839 g/mol. The number of carbonyl (C=O) groups excluding carboxylic acids is 2. The molecule has 0 aliphatic carbocycles. The van der Waals surface area contributed by atoms with Crippen LogP contribution < -0.4 is 0 Å². The van der Waals surface area contributed by atoms with Crippen molar-refractivity contribution in [2.24, 2.45) is 0 Å². The Morgan fingerprint density at radius 3 is 1.20 bits per heavy atom. The lowest BCUT2D eigenvalue weighted by molar-refractivity contribution is -0.150. The fourth-order valence-corrected chi connectivity index (χ4v) is 8.25. The molecular formula is C51H102N2O6. The van der Waals surface area contributed by atoms with Gasteiger partial charge in [0.25, 0.3) is 0 Å². The second kappa shape index (κ2) is 44.8. The van der Waals surface area contributed by atoms with Crippen LogP contribution in [0.15, 0.2) is 0 Å². The van der Waals surface area contributed by atoms with Gasteiger partial charge in [-0.15, -0.1) is 0 Å². The number of ether oxygens (including phenoxy) is 2. The van der Waals surface area contributed by atoms with E-state index in [1.165, 1.54) is 122 Å². The van der Waals surface area contributed by atoms with Gasteiger partial charge in [0.05, 0.1) is 18.8 Å². The number of nitrogens with zero attached hydrogens (tertiary/aromatic N) is 2. The zero-order valence-electron chi connectivity index (χ0n) is 40.1. The van der Waals surface area contributed by atoms with Crippen LogP contribution >= 0.6 is 0 Å². The van der Waals surface area contributed by atoms with Crippen LogP contribution in [-0.2, 0) is 19.1 Å². The fourth-order valence-electron chi connectivity index (χ4n) is 8.25. The van der Waals surface area contributed by atoms with Gasteiger partial charge in [0.1, 0.15) is 6.10 Å². The number of carbonyl (C=O) groups is 2. The molecule has 8 nitrogen and oxygen atoms in total. The molecule has 0 radical (unpaired) electrons. The molecule has 0 saturated heterocycles. The van der Waals surface area contributed by atoms with Crippen LogP contribution in [-0.4, -0.2) is 96.1 Å². The maximum atomic E-state index is 12.8. The summed E-state index contributed by atoms with van der Waals surface area (Å²) in [5.41, 5.74) is 0. The van der Waals surface area contributed by atoms with Crippen molar-refractivity contribution in [3.63, 3.8) is 0 Å². The lowest BCUT2D eigenvalue weighted by Crippen LogP contribution is -2.37. The van der Waals surface area contributed by atoms with Crippen molar-refractivity contribution < 1.29 is 29.3 Å². The van der Waals surface area contributed by atoms with Gasteiger partial charge in [0, 0.05) is 25.9 Å². The Kier molecular flexibility index (Phi) is 43.9. The van der Waals surface area contributed by atoms with E-state index in [4.69, 9.17) is 9.47 Å². The lowest BCUT2D eigenvalue weighted by Gasteiger charge is -2.27. The van der Waals surface area contributed by atoms with Crippen molar-refractivity contribution in [2.45, 2.75) is 271 Å². The van der Waals surface area contributed by atoms with Crippen molar-refractivity contribution in [1.29, 1.82) is 0 Å². The molecule has 0 heterocycles. The highest BCUT2D eigenvalue weighted by atomic mass is 16.5. The molecule has 2 atom stereocenters. The van der Waals surface area contributed by atoms with Gasteiger partial charge >= 0.3 is 11.9 Å². The first-order valence-electron chi connectivity index (χ1n) is 25.9. The third kappa shape index (κ3) is 43.2. The number of esters is 2. The van der Waals surface area contributed by atoms with E-state index in [0.717, 1.165) is 110 Å². The summed E-state index contributed by atoms with van der Waals surface area (Å²) in [7, 11) is 0. The van der Waals surface area contributed by atoms with Crippen molar-refractivity contribution in [1.82, 2.24) is 9.80 Å². The molecule has 0 saturated carbocycles. The number of hydrogen-bond acceptors (Lipinski definition) is 8. The van der Waals surface area contributed by atoms with E-state index in [-0.39, 0.29) is 30.3 Å². The number of hydrogen-bond donors (Lipinski definition) is 2. The molecule has 2 N–H and O–H groups in total. The van der Waals surface area contributed by atoms with Gasteiger partial charge < -0.3 is 29.5 Å². The lowest BCUT2D eigenvalue weighted by atomic mass is 10.0. The van der Waals surface area contributed by atoms with Crippen LogP contribution in [0.25, 0.3) is 0 Å². The van der Waals surface area contributed by atoms with Gasteiger partial charge in [-0.3, -0.25) is 9.59 Å². The van der Waals surface area contributed by atoms with E-state index in [0.29, 0.717) is 32.5 Å². The number of aliphatic hydroxyl groups is 2. The zero-order valence-corrected chi connectivity index (χ0v) is 40.1. The summed E-state index contributed by atoms with van der Waals surface area (Å²) in [5.74, 6) is -0.0658. The second-order valence-corrected chi connectivity index (χ2v) is 18.3. The van der Waals surface area contributed by atoms with Crippen LogP contribution in [0, 0.1) is 0 Å². The van der Waals surface area contributed by atoms with Crippen molar-refractivity contribution >= 4 is 11.9 Å². The number of aliphatic hydroxyl groups excluding tert-OH is 2. The van der Waals surface area contributed by atoms with Crippen LogP contribution in [0.4, 0.5) is 0 Å². The topological polar surface area (TPSA) is 99.5 Å². The predicted octanol–water partition coefficient (Wildman–Crippen LogP) is 13.1. The monoisotopic (exact) mass is 839 g/mol. The van der Waals surface area contributed by atoms with Gasteiger partial charge in [-0.05, 0) is 104 Å². The third-order valence-corrected chi connectivity index (χ3v) is 11.8. The molecule has 352 valence electrons. The van der Waals surface area contributed by atoms with E-state index in [1.54, 1.807) is 0 Å². The van der Waals surface area contributed by atoms with Crippen molar-refractivity contribution in [2.75, 3.05) is 45.9 Å². The molecule has 0 amide bonds. The van der Waals surface area contributed by atoms with Crippen molar-refractivity contribution in [3.05, 3.63) is 0 Å². The summed E-state index contributed by atoms with van der Waals surface area (Å²) >= 11 is 0. The SMILES string of the molecule is CCCCCCCCCCCOC(=O)CCCCCN(CCCN(CCCCCCCC(=O)OC(CCCCCCCC)CCCCCCCC)CC(C)O)CC(C)O. The van der Waals surface area contributed by atoms with Gasteiger partial charge in [-0.2, -0.15) is 0 Å². The third-order valence-electron chi connectivity index (χ3n) is 11.8. The minimum Gasteiger partial charge on any atom is -0.466 e. The Balaban J connectivity index is 4.31. The average Bonchev–Trinajstić information content (AvgIpc) is 3.19. The van der Waals surface area contributed by atoms with E-state index >= 15 is 0 Å². The Labute approximate surface area is 367 Å².